The number of carboxylic acid groups (broad SMARTS) is 1. The van der Waals surface area contributed by atoms with Crippen LogP contribution in [0.4, 0.5) is 0 Å². The highest BCUT2D eigenvalue weighted by molar-refractivity contribution is 5.81. The van der Waals surface area contributed by atoms with E-state index in [0.717, 1.165) is 51.4 Å². The summed E-state index contributed by atoms with van der Waals surface area (Å²) in [6.07, 6.45) is 10.4. The van der Waals surface area contributed by atoms with Gasteiger partial charge in [-0.2, -0.15) is 0 Å². The highest BCUT2D eigenvalue weighted by Gasteiger charge is 2.72. The lowest BCUT2D eigenvalue weighted by Crippen LogP contribution is -2.67. The number of aliphatic hydroxyl groups excluding tert-OH is 2. The molecular formula is C30H48O4. The second-order valence-corrected chi connectivity index (χ2v) is 14.4. The zero-order valence-electron chi connectivity index (χ0n) is 22.4. The molecule has 0 heterocycles. The van der Waals surface area contributed by atoms with Crippen molar-refractivity contribution in [3.8, 4) is 0 Å². The average molecular weight is 473 g/mol. The summed E-state index contributed by atoms with van der Waals surface area (Å²) < 4.78 is 0. The van der Waals surface area contributed by atoms with Crippen molar-refractivity contribution in [2.75, 3.05) is 6.61 Å². The number of hydrogen-bond acceptors (Lipinski definition) is 3. The average Bonchev–Trinajstić information content (AvgIpc) is 2.78. The van der Waals surface area contributed by atoms with Crippen molar-refractivity contribution >= 4 is 5.97 Å². The summed E-state index contributed by atoms with van der Waals surface area (Å²) in [7, 11) is 0. The molecule has 34 heavy (non-hydrogen) atoms. The van der Waals surface area contributed by atoms with Gasteiger partial charge in [0.2, 0.25) is 0 Å². The lowest BCUT2D eigenvalue weighted by atomic mass is 9.33. The number of hydrogen-bond donors (Lipinski definition) is 3. The van der Waals surface area contributed by atoms with Crippen LogP contribution in [0.3, 0.4) is 0 Å². The van der Waals surface area contributed by atoms with Gasteiger partial charge < -0.3 is 15.3 Å². The first kappa shape index (κ1) is 24.8. The fourth-order valence-electron chi connectivity index (χ4n) is 11.0. The van der Waals surface area contributed by atoms with Gasteiger partial charge in [0.15, 0.2) is 0 Å². The van der Waals surface area contributed by atoms with Crippen LogP contribution in [0.15, 0.2) is 11.6 Å². The first-order valence-corrected chi connectivity index (χ1v) is 14.0. The molecule has 0 spiro atoms. The predicted molar refractivity (Wildman–Crippen MR) is 134 cm³/mol. The molecule has 4 saturated carbocycles. The highest BCUT2D eigenvalue weighted by Crippen LogP contribution is 2.75. The summed E-state index contributed by atoms with van der Waals surface area (Å²) >= 11 is 0. The monoisotopic (exact) mass is 472 g/mol. The molecule has 4 fully saturated rings. The Labute approximate surface area is 206 Å². The number of aliphatic hydroxyl groups is 2. The molecule has 0 aromatic heterocycles. The van der Waals surface area contributed by atoms with Crippen molar-refractivity contribution in [1.82, 2.24) is 0 Å². The summed E-state index contributed by atoms with van der Waals surface area (Å²) in [5.41, 5.74) is -0.210. The van der Waals surface area contributed by atoms with Gasteiger partial charge in [0, 0.05) is 12.0 Å². The maximum absolute atomic E-state index is 13.5. The quantitative estimate of drug-likeness (QED) is 0.427. The molecule has 10 atom stereocenters. The van der Waals surface area contributed by atoms with E-state index in [2.05, 4.69) is 47.6 Å². The maximum atomic E-state index is 13.5. The molecule has 5 rings (SSSR count). The molecule has 5 aliphatic rings. The van der Waals surface area contributed by atoms with E-state index < -0.39 is 11.4 Å². The molecule has 5 aliphatic carbocycles. The zero-order chi connectivity index (χ0) is 24.9. The van der Waals surface area contributed by atoms with E-state index in [9.17, 15) is 20.1 Å². The second kappa shape index (κ2) is 7.57. The van der Waals surface area contributed by atoms with Gasteiger partial charge in [0.05, 0.1) is 11.5 Å². The summed E-state index contributed by atoms with van der Waals surface area (Å²) in [5, 5.41) is 32.7. The van der Waals surface area contributed by atoms with Crippen LogP contribution in [0.25, 0.3) is 0 Å². The Morgan fingerprint density at radius 1 is 0.971 bits per heavy atom. The van der Waals surface area contributed by atoms with Crippen LogP contribution in [-0.2, 0) is 4.79 Å². The Morgan fingerprint density at radius 3 is 2.32 bits per heavy atom. The Balaban J connectivity index is 1.66. The molecule has 0 aromatic rings. The predicted octanol–water partition coefficient (Wildman–Crippen LogP) is 6.06. The zero-order valence-corrected chi connectivity index (χ0v) is 22.4. The molecule has 0 unspecified atom stereocenters. The first-order valence-electron chi connectivity index (χ1n) is 14.0. The van der Waals surface area contributed by atoms with E-state index in [4.69, 9.17) is 0 Å². The summed E-state index contributed by atoms with van der Waals surface area (Å²) in [6, 6.07) is 0. The van der Waals surface area contributed by atoms with E-state index >= 15 is 0 Å². The second-order valence-electron chi connectivity index (χ2n) is 14.4. The number of rotatable bonds is 2. The molecule has 0 bridgehead atoms. The molecule has 4 nitrogen and oxygen atoms in total. The van der Waals surface area contributed by atoms with Gasteiger partial charge >= 0.3 is 5.97 Å². The summed E-state index contributed by atoms with van der Waals surface area (Å²) in [4.78, 5) is 13.5. The normalized spacial score (nSPS) is 54.1. The van der Waals surface area contributed by atoms with Crippen molar-refractivity contribution in [3.63, 3.8) is 0 Å². The molecule has 192 valence electrons. The van der Waals surface area contributed by atoms with Gasteiger partial charge in [-0.15, -0.1) is 0 Å². The van der Waals surface area contributed by atoms with Gasteiger partial charge in [-0.1, -0.05) is 53.2 Å². The Kier molecular flexibility index (Phi) is 5.52. The van der Waals surface area contributed by atoms with E-state index in [1.54, 1.807) is 0 Å². The van der Waals surface area contributed by atoms with Crippen LogP contribution in [0.1, 0.15) is 99.3 Å². The number of fused-ring (bicyclic) bond motifs is 7. The van der Waals surface area contributed by atoms with Gasteiger partial charge in [-0.3, -0.25) is 4.79 Å². The van der Waals surface area contributed by atoms with E-state index in [-0.39, 0.29) is 40.3 Å². The molecule has 4 heteroatoms. The van der Waals surface area contributed by atoms with Crippen LogP contribution in [0.2, 0.25) is 0 Å². The maximum Gasteiger partial charge on any atom is 0.314 e. The van der Waals surface area contributed by atoms with Crippen molar-refractivity contribution in [2.24, 2.45) is 56.7 Å². The SMILES string of the molecule is C[C@H]1[C@H](C)CC[C@]2(CO)CC[C@]3(C(=O)O)C(=CC[C@@H]4[C@@]5(C)CC[C@H](O)C(C)(C)[C@H]5CC[C@]43C)[C@H]12. The highest BCUT2D eigenvalue weighted by atomic mass is 16.4. The first-order chi connectivity index (χ1) is 15.8. The van der Waals surface area contributed by atoms with Gasteiger partial charge in [-0.05, 0) is 104 Å². The van der Waals surface area contributed by atoms with E-state index in [1.165, 1.54) is 5.57 Å². The number of carboxylic acids is 1. The molecule has 0 aliphatic heterocycles. The molecule has 3 N–H and O–H groups in total. The molecule has 0 radical (unpaired) electrons. The van der Waals surface area contributed by atoms with Crippen molar-refractivity contribution in [3.05, 3.63) is 11.6 Å². The van der Waals surface area contributed by atoms with Crippen LogP contribution in [0, 0.1) is 56.7 Å². The van der Waals surface area contributed by atoms with Crippen LogP contribution >= 0.6 is 0 Å². The summed E-state index contributed by atoms with van der Waals surface area (Å²) in [5.74, 6) is 1.20. The minimum atomic E-state index is -0.835. The largest absolute Gasteiger partial charge is 0.481 e. The fourth-order valence-corrected chi connectivity index (χ4v) is 11.0. The topological polar surface area (TPSA) is 77.8 Å². The molecule has 0 amide bonds. The Hall–Kier alpha value is -0.870. The van der Waals surface area contributed by atoms with Crippen LogP contribution in [0.5, 0.6) is 0 Å². The lowest BCUT2D eigenvalue weighted by molar-refractivity contribution is -0.216. The van der Waals surface area contributed by atoms with Crippen LogP contribution in [-0.4, -0.2) is 34.0 Å². The standard InChI is InChI=1S/C30H48O4/c1-18-9-14-29(17-31)15-16-30(25(33)34)20(24(29)19(18)2)7-8-22-27(5)12-11-23(32)26(3,4)21(27)10-13-28(22,30)6/h7,18-19,21-24,31-32H,8-17H2,1-6H3,(H,33,34)/t18-,19+,21-,22-,23+,24+,27+,28-,29-,30-/m1/s1. The van der Waals surface area contributed by atoms with Gasteiger partial charge in [0.1, 0.15) is 0 Å². The minimum absolute atomic E-state index is 0.0389. The van der Waals surface area contributed by atoms with Gasteiger partial charge in [0.25, 0.3) is 0 Å². The lowest BCUT2D eigenvalue weighted by Gasteiger charge is -2.70. The van der Waals surface area contributed by atoms with Crippen molar-refractivity contribution in [1.29, 1.82) is 0 Å². The number of allylic oxidation sites excluding steroid dienone is 1. The third kappa shape index (κ3) is 2.76. The minimum Gasteiger partial charge on any atom is -0.481 e. The van der Waals surface area contributed by atoms with E-state index in [1.807, 2.05) is 0 Å². The Morgan fingerprint density at radius 2 is 1.68 bits per heavy atom. The van der Waals surface area contributed by atoms with Gasteiger partial charge in [-0.25, -0.2) is 0 Å². The Bertz CT molecular complexity index is 892. The third-order valence-corrected chi connectivity index (χ3v) is 13.3. The number of aliphatic carboxylic acids is 1. The molecule has 0 aromatic carbocycles. The summed E-state index contributed by atoms with van der Waals surface area (Å²) in [6.45, 7) is 14.0. The van der Waals surface area contributed by atoms with Crippen LogP contribution < -0.4 is 0 Å². The third-order valence-electron chi connectivity index (χ3n) is 13.3. The smallest absolute Gasteiger partial charge is 0.314 e. The molecule has 0 saturated heterocycles. The number of carbonyl (C=O) groups is 1. The van der Waals surface area contributed by atoms with E-state index in [0.29, 0.717) is 30.1 Å². The molecular weight excluding hydrogens is 424 g/mol. The fraction of sp³-hybridized carbons (Fsp3) is 0.900. The van der Waals surface area contributed by atoms with Crippen molar-refractivity contribution in [2.45, 2.75) is 105 Å². The van der Waals surface area contributed by atoms with Crippen molar-refractivity contribution < 1.29 is 20.1 Å².